The standard InChI is InChI=1S/C19H19N3OS/c1-14-17(5-3-11-20-14)22-12-4-6-18(22)19(23)21-13-15-7-9-16(24-2)10-8-15/h3-12H,13H2,1-2H3,(H,21,23). The van der Waals surface area contributed by atoms with Crippen molar-refractivity contribution in [2.75, 3.05) is 6.26 Å². The summed E-state index contributed by atoms with van der Waals surface area (Å²) in [4.78, 5) is 18.1. The molecule has 122 valence electrons. The molecule has 1 amide bonds. The summed E-state index contributed by atoms with van der Waals surface area (Å²) in [5.41, 5.74) is 3.48. The van der Waals surface area contributed by atoms with Crippen molar-refractivity contribution in [1.82, 2.24) is 14.9 Å². The molecule has 0 unspecified atom stereocenters. The minimum absolute atomic E-state index is 0.0998. The van der Waals surface area contributed by atoms with E-state index in [4.69, 9.17) is 0 Å². The molecule has 24 heavy (non-hydrogen) atoms. The number of aryl methyl sites for hydroxylation is 1. The van der Waals surface area contributed by atoms with E-state index in [1.807, 2.05) is 60.3 Å². The lowest BCUT2D eigenvalue weighted by molar-refractivity contribution is 0.0944. The summed E-state index contributed by atoms with van der Waals surface area (Å²) in [6.07, 6.45) is 5.68. The lowest BCUT2D eigenvalue weighted by Gasteiger charge is -2.11. The highest BCUT2D eigenvalue weighted by Gasteiger charge is 2.13. The predicted molar refractivity (Wildman–Crippen MR) is 97.7 cm³/mol. The molecule has 4 nitrogen and oxygen atoms in total. The van der Waals surface area contributed by atoms with Crippen LogP contribution in [0.1, 0.15) is 21.7 Å². The first-order valence-electron chi connectivity index (χ1n) is 7.69. The molecular weight excluding hydrogens is 318 g/mol. The van der Waals surface area contributed by atoms with Gasteiger partial charge >= 0.3 is 0 Å². The molecule has 5 heteroatoms. The van der Waals surface area contributed by atoms with Gasteiger partial charge in [0, 0.05) is 23.8 Å². The summed E-state index contributed by atoms with van der Waals surface area (Å²) < 4.78 is 1.87. The van der Waals surface area contributed by atoms with Crippen LogP contribution in [-0.2, 0) is 6.54 Å². The molecule has 3 aromatic rings. The van der Waals surface area contributed by atoms with Crippen molar-refractivity contribution in [2.45, 2.75) is 18.4 Å². The Morgan fingerprint density at radius 1 is 1.17 bits per heavy atom. The third-order valence-corrected chi connectivity index (χ3v) is 4.58. The molecule has 1 aromatic carbocycles. The minimum Gasteiger partial charge on any atom is -0.347 e. The van der Waals surface area contributed by atoms with Gasteiger partial charge in [-0.25, -0.2) is 0 Å². The van der Waals surface area contributed by atoms with Crippen LogP contribution in [-0.4, -0.2) is 21.7 Å². The van der Waals surface area contributed by atoms with Gasteiger partial charge in [0.15, 0.2) is 0 Å². The van der Waals surface area contributed by atoms with E-state index in [1.165, 1.54) is 4.90 Å². The molecule has 0 bridgehead atoms. The number of amides is 1. The molecule has 0 fully saturated rings. The number of carbonyl (C=O) groups is 1. The Labute approximate surface area is 145 Å². The Kier molecular flexibility index (Phi) is 5.01. The molecule has 0 aliphatic heterocycles. The Morgan fingerprint density at radius 3 is 2.67 bits per heavy atom. The van der Waals surface area contributed by atoms with Crippen LogP contribution < -0.4 is 5.32 Å². The lowest BCUT2D eigenvalue weighted by Crippen LogP contribution is -2.25. The number of carbonyl (C=O) groups excluding carboxylic acids is 1. The summed E-state index contributed by atoms with van der Waals surface area (Å²) in [6, 6.07) is 15.7. The van der Waals surface area contributed by atoms with E-state index in [0.29, 0.717) is 12.2 Å². The number of nitrogens with zero attached hydrogens (tertiary/aromatic N) is 2. The number of aromatic nitrogens is 2. The smallest absolute Gasteiger partial charge is 0.268 e. The van der Waals surface area contributed by atoms with Crippen LogP contribution in [0.5, 0.6) is 0 Å². The molecule has 0 aliphatic rings. The molecule has 0 saturated heterocycles. The largest absolute Gasteiger partial charge is 0.347 e. The molecular formula is C19H19N3OS. The van der Waals surface area contributed by atoms with Gasteiger partial charge < -0.3 is 9.88 Å². The molecule has 0 spiro atoms. The van der Waals surface area contributed by atoms with Gasteiger partial charge in [0.2, 0.25) is 0 Å². The highest BCUT2D eigenvalue weighted by atomic mass is 32.2. The van der Waals surface area contributed by atoms with Crippen LogP contribution in [0.15, 0.2) is 65.8 Å². The van der Waals surface area contributed by atoms with Crippen molar-refractivity contribution in [3.8, 4) is 5.69 Å². The summed E-state index contributed by atoms with van der Waals surface area (Å²) in [7, 11) is 0. The Morgan fingerprint density at radius 2 is 1.96 bits per heavy atom. The maximum absolute atomic E-state index is 12.6. The summed E-state index contributed by atoms with van der Waals surface area (Å²) in [5.74, 6) is -0.0998. The van der Waals surface area contributed by atoms with Crippen LogP contribution in [0.2, 0.25) is 0 Å². The average Bonchev–Trinajstić information content (AvgIpc) is 3.10. The maximum atomic E-state index is 12.6. The first kappa shape index (κ1) is 16.3. The fraction of sp³-hybridized carbons (Fsp3) is 0.158. The van der Waals surface area contributed by atoms with Crippen molar-refractivity contribution in [3.05, 3.63) is 77.9 Å². The van der Waals surface area contributed by atoms with Crippen molar-refractivity contribution in [2.24, 2.45) is 0 Å². The second-order valence-corrected chi connectivity index (χ2v) is 6.28. The number of pyridine rings is 1. The third kappa shape index (κ3) is 3.51. The van der Waals surface area contributed by atoms with Gasteiger partial charge in [0.05, 0.1) is 11.4 Å². The van der Waals surface area contributed by atoms with Crippen LogP contribution in [0, 0.1) is 6.92 Å². The number of thioether (sulfide) groups is 1. The first-order chi connectivity index (χ1) is 11.7. The van der Waals surface area contributed by atoms with Gasteiger partial charge in [-0.1, -0.05) is 12.1 Å². The Bertz CT molecular complexity index is 840. The van der Waals surface area contributed by atoms with Crippen LogP contribution >= 0.6 is 11.8 Å². The van der Waals surface area contributed by atoms with Gasteiger partial charge in [-0.2, -0.15) is 0 Å². The first-order valence-corrected chi connectivity index (χ1v) is 8.92. The maximum Gasteiger partial charge on any atom is 0.268 e. The van der Waals surface area contributed by atoms with Crippen molar-refractivity contribution >= 4 is 17.7 Å². The number of hydrogen-bond acceptors (Lipinski definition) is 3. The Balaban J connectivity index is 1.74. The number of hydrogen-bond donors (Lipinski definition) is 1. The average molecular weight is 337 g/mol. The molecule has 2 aromatic heterocycles. The van der Waals surface area contributed by atoms with E-state index in [-0.39, 0.29) is 5.91 Å². The second-order valence-electron chi connectivity index (χ2n) is 5.40. The minimum atomic E-state index is -0.0998. The van der Waals surface area contributed by atoms with E-state index in [9.17, 15) is 4.79 Å². The zero-order valence-electron chi connectivity index (χ0n) is 13.7. The van der Waals surface area contributed by atoms with E-state index in [0.717, 1.165) is 16.9 Å². The fourth-order valence-corrected chi connectivity index (χ4v) is 2.93. The highest BCUT2D eigenvalue weighted by molar-refractivity contribution is 7.98. The molecule has 0 radical (unpaired) electrons. The van der Waals surface area contributed by atoms with Crippen molar-refractivity contribution in [1.29, 1.82) is 0 Å². The molecule has 3 rings (SSSR count). The van der Waals surface area contributed by atoms with E-state index < -0.39 is 0 Å². The van der Waals surface area contributed by atoms with Crippen LogP contribution in [0.4, 0.5) is 0 Å². The Hall–Kier alpha value is -2.53. The molecule has 1 N–H and O–H groups in total. The SMILES string of the molecule is CSc1ccc(CNC(=O)c2cccn2-c2cccnc2C)cc1. The van der Waals surface area contributed by atoms with Crippen LogP contribution in [0.25, 0.3) is 5.69 Å². The number of rotatable bonds is 5. The summed E-state index contributed by atoms with van der Waals surface area (Å²) in [5, 5.41) is 2.98. The quantitative estimate of drug-likeness (QED) is 0.720. The van der Waals surface area contributed by atoms with Gasteiger partial charge in [0.25, 0.3) is 5.91 Å². The predicted octanol–water partition coefficient (Wildman–Crippen LogP) is 3.83. The van der Waals surface area contributed by atoms with Gasteiger partial charge in [-0.05, 0) is 55.1 Å². The fourth-order valence-electron chi connectivity index (χ4n) is 2.52. The van der Waals surface area contributed by atoms with E-state index in [1.54, 1.807) is 18.0 Å². The second kappa shape index (κ2) is 7.36. The molecule has 0 aliphatic carbocycles. The topological polar surface area (TPSA) is 46.9 Å². The van der Waals surface area contributed by atoms with Gasteiger partial charge in [-0.15, -0.1) is 11.8 Å². The lowest BCUT2D eigenvalue weighted by atomic mass is 10.2. The zero-order valence-corrected chi connectivity index (χ0v) is 14.5. The normalized spacial score (nSPS) is 10.6. The monoisotopic (exact) mass is 337 g/mol. The summed E-state index contributed by atoms with van der Waals surface area (Å²) >= 11 is 1.70. The summed E-state index contributed by atoms with van der Waals surface area (Å²) in [6.45, 7) is 2.44. The highest BCUT2D eigenvalue weighted by Crippen LogP contribution is 2.16. The van der Waals surface area contributed by atoms with Gasteiger partial charge in [-0.3, -0.25) is 9.78 Å². The number of nitrogens with one attached hydrogen (secondary N) is 1. The molecule has 2 heterocycles. The van der Waals surface area contributed by atoms with E-state index >= 15 is 0 Å². The van der Waals surface area contributed by atoms with Crippen molar-refractivity contribution < 1.29 is 4.79 Å². The molecule has 0 saturated carbocycles. The van der Waals surface area contributed by atoms with Crippen molar-refractivity contribution in [3.63, 3.8) is 0 Å². The van der Waals surface area contributed by atoms with E-state index in [2.05, 4.69) is 22.4 Å². The number of benzene rings is 1. The van der Waals surface area contributed by atoms with Crippen LogP contribution in [0.3, 0.4) is 0 Å². The van der Waals surface area contributed by atoms with Gasteiger partial charge in [0.1, 0.15) is 5.69 Å². The third-order valence-electron chi connectivity index (χ3n) is 3.83. The molecule has 0 atom stereocenters. The zero-order chi connectivity index (χ0) is 16.9.